The normalized spacial score (nSPS) is 32.8. The summed E-state index contributed by atoms with van der Waals surface area (Å²) < 4.78 is 5.89. The zero-order chi connectivity index (χ0) is 17.9. The number of nitrogens with two attached hydrogens (primary N) is 1. The van der Waals surface area contributed by atoms with Crippen LogP contribution in [0.3, 0.4) is 0 Å². The van der Waals surface area contributed by atoms with Gasteiger partial charge in [-0.05, 0) is 63.3 Å². The number of aliphatic hydroxyl groups is 1. The number of carbonyl (C=O) groups is 1. The van der Waals surface area contributed by atoms with Crippen molar-refractivity contribution in [1.82, 2.24) is 0 Å². The summed E-state index contributed by atoms with van der Waals surface area (Å²) in [7, 11) is 0. The molecule has 0 aliphatic heterocycles. The first-order chi connectivity index (χ1) is 12.0. The number of amides is 1. The van der Waals surface area contributed by atoms with Gasteiger partial charge in [0.1, 0.15) is 11.9 Å². The molecule has 138 valence electrons. The van der Waals surface area contributed by atoms with Crippen LogP contribution in [0, 0.1) is 5.92 Å². The number of aliphatic hydroxyl groups excluding tert-OH is 1. The van der Waals surface area contributed by atoms with E-state index in [1.807, 2.05) is 31.2 Å². The maximum absolute atomic E-state index is 12.6. The van der Waals surface area contributed by atoms with Gasteiger partial charge in [-0.25, -0.2) is 0 Å². The molecule has 4 N–H and O–H groups in total. The Balaban J connectivity index is 1.57. The Morgan fingerprint density at radius 2 is 1.84 bits per heavy atom. The third-order valence-corrected chi connectivity index (χ3v) is 5.65. The Morgan fingerprint density at radius 3 is 2.52 bits per heavy atom. The van der Waals surface area contributed by atoms with Crippen molar-refractivity contribution in [3.05, 3.63) is 24.3 Å². The van der Waals surface area contributed by atoms with E-state index in [2.05, 4.69) is 5.32 Å². The minimum Gasteiger partial charge on any atom is -0.488 e. The molecule has 2 aliphatic carbocycles. The Kier molecular flexibility index (Phi) is 5.64. The third kappa shape index (κ3) is 4.53. The summed E-state index contributed by atoms with van der Waals surface area (Å²) in [5.74, 6) is 0.584. The first-order valence-electron chi connectivity index (χ1n) is 9.50. The van der Waals surface area contributed by atoms with Crippen LogP contribution in [0.2, 0.25) is 0 Å². The Hall–Kier alpha value is -1.59. The molecule has 1 amide bonds. The smallest absolute Gasteiger partial charge is 0.229 e. The number of anilines is 1. The monoisotopic (exact) mass is 346 g/mol. The van der Waals surface area contributed by atoms with Crippen molar-refractivity contribution in [2.75, 3.05) is 5.32 Å². The molecule has 2 aliphatic rings. The highest BCUT2D eigenvalue weighted by Crippen LogP contribution is 2.32. The van der Waals surface area contributed by atoms with Crippen LogP contribution in [-0.2, 0) is 4.79 Å². The lowest BCUT2D eigenvalue weighted by molar-refractivity contribution is -0.122. The summed E-state index contributed by atoms with van der Waals surface area (Å²) in [4.78, 5) is 12.6. The standard InChI is InChI=1S/C20H30N2O3/c1-20(21)13-5-4-6-16(20)19(24)22-14-9-11-15(12-10-14)25-18-8-3-2-7-17(18)23/h9-12,16-18,23H,2-8,13,21H2,1H3,(H,22,24). The molecule has 0 bridgehead atoms. The van der Waals surface area contributed by atoms with Crippen molar-refractivity contribution in [3.8, 4) is 5.75 Å². The van der Waals surface area contributed by atoms with Gasteiger partial charge in [0.05, 0.1) is 12.0 Å². The quantitative estimate of drug-likeness (QED) is 0.781. The Bertz CT molecular complexity index is 585. The van der Waals surface area contributed by atoms with Gasteiger partial charge in [-0.15, -0.1) is 0 Å². The van der Waals surface area contributed by atoms with E-state index in [0.29, 0.717) is 0 Å². The SMILES string of the molecule is CC1(N)CCCCC1C(=O)Nc1ccc(OC2CCCCC2O)cc1. The molecule has 2 fully saturated rings. The summed E-state index contributed by atoms with van der Waals surface area (Å²) in [5.41, 5.74) is 6.64. The number of carbonyl (C=O) groups excluding carboxylic acids is 1. The van der Waals surface area contributed by atoms with E-state index in [9.17, 15) is 9.90 Å². The minimum absolute atomic E-state index is 0.000992. The molecule has 1 aromatic rings. The fourth-order valence-corrected chi connectivity index (χ4v) is 4.02. The molecule has 3 rings (SSSR count). The highest BCUT2D eigenvalue weighted by molar-refractivity contribution is 5.93. The van der Waals surface area contributed by atoms with E-state index in [1.165, 1.54) is 0 Å². The van der Waals surface area contributed by atoms with Crippen LogP contribution in [0.25, 0.3) is 0 Å². The number of hydrogen-bond donors (Lipinski definition) is 3. The lowest BCUT2D eigenvalue weighted by Crippen LogP contribution is -2.51. The van der Waals surface area contributed by atoms with Crippen LogP contribution in [0.1, 0.15) is 58.3 Å². The summed E-state index contributed by atoms with van der Waals surface area (Å²) in [5, 5.41) is 13.0. The van der Waals surface area contributed by atoms with E-state index in [1.54, 1.807) is 0 Å². The van der Waals surface area contributed by atoms with E-state index >= 15 is 0 Å². The Labute approximate surface area is 149 Å². The van der Waals surface area contributed by atoms with Gasteiger partial charge in [-0.2, -0.15) is 0 Å². The molecule has 5 nitrogen and oxygen atoms in total. The fraction of sp³-hybridized carbons (Fsp3) is 0.650. The molecule has 4 unspecified atom stereocenters. The molecular formula is C20H30N2O3. The van der Waals surface area contributed by atoms with Crippen molar-refractivity contribution >= 4 is 11.6 Å². The van der Waals surface area contributed by atoms with Gasteiger partial charge in [0.25, 0.3) is 0 Å². The van der Waals surface area contributed by atoms with Gasteiger partial charge in [0, 0.05) is 11.2 Å². The lowest BCUT2D eigenvalue weighted by atomic mass is 9.74. The van der Waals surface area contributed by atoms with Crippen LogP contribution in [0.4, 0.5) is 5.69 Å². The van der Waals surface area contributed by atoms with E-state index < -0.39 is 5.54 Å². The second kappa shape index (κ2) is 7.75. The van der Waals surface area contributed by atoms with Crippen LogP contribution in [0.5, 0.6) is 5.75 Å². The lowest BCUT2D eigenvalue weighted by Gasteiger charge is -2.37. The van der Waals surface area contributed by atoms with Crippen LogP contribution in [0.15, 0.2) is 24.3 Å². The number of nitrogens with one attached hydrogen (secondary N) is 1. The number of ether oxygens (including phenoxy) is 1. The molecule has 0 heterocycles. The predicted octanol–water partition coefficient (Wildman–Crippen LogP) is 3.22. The minimum atomic E-state index is -0.428. The molecule has 2 saturated carbocycles. The third-order valence-electron chi connectivity index (χ3n) is 5.65. The van der Waals surface area contributed by atoms with Crippen molar-refractivity contribution in [2.45, 2.75) is 76.0 Å². The molecule has 1 aromatic carbocycles. The second-order valence-corrected chi connectivity index (χ2v) is 7.83. The van der Waals surface area contributed by atoms with Gasteiger partial charge < -0.3 is 20.9 Å². The molecule has 0 spiro atoms. The first kappa shape index (κ1) is 18.2. The summed E-state index contributed by atoms with van der Waals surface area (Å²) in [6.45, 7) is 1.98. The van der Waals surface area contributed by atoms with Gasteiger partial charge in [-0.3, -0.25) is 4.79 Å². The number of rotatable bonds is 4. The van der Waals surface area contributed by atoms with Gasteiger partial charge in [-0.1, -0.05) is 19.3 Å². The summed E-state index contributed by atoms with van der Waals surface area (Å²) >= 11 is 0. The molecule has 25 heavy (non-hydrogen) atoms. The zero-order valence-corrected chi connectivity index (χ0v) is 15.0. The maximum Gasteiger partial charge on any atom is 0.229 e. The van der Waals surface area contributed by atoms with E-state index in [4.69, 9.17) is 10.5 Å². The van der Waals surface area contributed by atoms with Crippen molar-refractivity contribution < 1.29 is 14.6 Å². The molecular weight excluding hydrogens is 316 g/mol. The van der Waals surface area contributed by atoms with Crippen molar-refractivity contribution in [3.63, 3.8) is 0 Å². The zero-order valence-electron chi connectivity index (χ0n) is 15.0. The Morgan fingerprint density at radius 1 is 1.16 bits per heavy atom. The van der Waals surface area contributed by atoms with Crippen molar-refractivity contribution in [1.29, 1.82) is 0 Å². The number of benzene rings is 1. The van der Waals surface area contributed by atoms with Crippen molar-refractivity contribution in [2.24, 2.45) is 11.7 Å². The van der Waals surface area contributed by atoms with Crippen LogP contribution >= 0.6 is 0 Å². The maximum atomic E-state index is 12.6. The highest BCUT2D eigenvalue weighted by Gasteiger charge is 2.37. The highest BCUT2D eigenvalue weighted by atomic mass is 16.5. The van der Waals surface area contributed by atoms with Gasteiger partial charge >= 0.3 is 0 Å². The first-order valence-corrected chi connectivity index (χ1v) is 9.50. The second-order valence-electron chi connectivity index (χ2n) is 7.83. The van der Waals surface area contributed by atoms with E-state index in [0.717, 1.165) is 62.8 Å². The fourth-order valence-electron chi connectivity index (χ4n) is 4.02. The molecule has 4 atom stereocenters. The number of hydrogen-bond acceptors (Lipinski definition) is 4. The van der Waals surface area contributed by atoms with Gasteiger partial charge in [0.15, 0.2) is 0 Å². The van der Waals surface area contributed by atoms with E-state index in [-0.39, 0.29) is 24.0 Å². The van der Waals surface area contributed by atoms with Crippen LogP contribution in [-0.4, -0.2) is 28.8 Å². The average molecular weight is 346 g/mol. The molecule has 0 saturated heterocycles. The van der Waals surface area contributed by atoms with Gasteiger partial charge in [0.2, 0.25) is 5.91 Å². The average Bonchev–Trinajstić information content (AvgIpc) is 2.58. The predicted molar refractivity (Wildman–Crippen MR) is 98.5 cm³/mol. The topological polar surface area (TPSA) is 84.6 Å². The molecule has 5 heteroatoms. The summed E-state index contributed by atoms with van der Waals surface area (Å²) in [6, 6.07) is 7.39. The largest absolute Gasteiger partial charge is 0.488 e. The molecule has 0 radical (unpaired) electrons. The summed E-state index contributed by atoms with van der Waals surface area (Å²) in [6.07, 6.45) is 7.21. The van der Waals surface area contributed by atoms with Crippen LogP contribution < -0.4 is 15.8 Å². The molecule has 0 aromatic heterocycles.